The van der Waals surface area contributed by atoms with Crippen molar-refractivity contribution in [2.75, 3.05) is 0 Å². The molecule has 0 unspecified atom stereocenters. The Labute approximate surface area is 138 Å². The molecule has 0 aliphatic rings. The highest BCUT2D eigenvalue weighted by Gasteiger charge is 2.10. The van der Waals surface area contributed by atoms with E-state index in [1.54, 1.807) is 0 Å². The Balaban J connectivity index is 1.82. The van der Waals surface area contributed by atoms with Crippen LogP contribution in [-0.2, 0) is 13.5 Å². The second kappa shape index (κ2) is 5.29. The third-order valence-electron chi connectivity index (χ3n) is 4.25. The first-order valence-corrected chi connectivity index (χ1v) is 8.22. The first-order valence-electron chi connectivity index (χ1n) is 7.42. The van der Waals surface area contributed by atoms with E-state index in [1.165, 1.54) is 37.3 Å². The minimum absolute atomic E-state index is 0.949. The molecule has 1 aromatic heterocycles. The smallest absolute Gasteiger partial charge is 0.0492 e. The second-order valence-electron chi connectivity index (χ2n) is 5.76. The van der Waals surface area contributed by atoms with E-state index in [1.807, 2.05) is 0 Å². The standard InChI is InChI=1S/C20H16BrN/c1-22-13-17(20-18(21)7-4-8-19(20)22)12-14-9-10-15-5-2-3-6-16(15)11-14/h2-11,13H,12H2,1H3. The van der Waals surface area contributed by atoms with E-state index in [0.29, 0.717) is 0 Å². The zero-order chi connectivity index (χ0) is 15.1. The highest BCUT2D eigenvalue weighted by atomic mass is 79.9. The molecule has 2 heteroatoms. The molecule has 4 rings (SSSR count). The number of rotatable bonds is 2. The van der Waals surface area contributed by atoms with Gasteiger partial charge in [-0.05, 0) is 40.5 Å². The van der Waals surface area contributed by atoms with Crippen LogP contribution in [-0.4, -0.2) is 4.57 Å². The summed E-state index contributed by atoms with van der Waals surface area (Å²) in [6.45, 7) is 0. The molecule has 0 fully saturated rings. The fourth-order valence-corrected chi connectivity index (χ4v) is 3.81. The van der Waals surface area contributed by atoms with Gasteiger partial charge in [-0.15, -0.1) is 0 Å². The number of aromatic nitrogens is 1. The van der Waals surface area contributed by atoms with Crippen LogP contribution in [0, 0.1) is 0 Å². The van der Waals surface area contributed by atoms with Crippen molar-refractivity contribution in [2.24, 2.45) is 7.05 Å². The van der Waals surface area contributed by atoms with Crippen molar-refractivity contribution < 1.29 is 0 Å². The second-order valence-corrected chi connectivity index (χ2v) is 6.61. The van der Waals surface area contributed by atoms with Crippen molar-refractivity contribution in [1.29, 1.82) is 0 Å². The summed E-state index contributed by atoms with van der Waals surface area (Å²) >= 11 is 3.70. The van der Waals surface area contributed by atoms with Gasteiger partial charge in [-0.3, -0.25) is 0 Å². The molecular weight excluding hydrogens is 334 g/mol. The summed E-state index contributed by atoms with van der Waals surface area (Å²) in [6, 6.07) is 21.6. The minimum atomic E-state index is 0.949. The molecule has 22 heavy (non-hydrogen) atoms. The summed E-state index contributed by atoms with van der Waals surface area (Å²) in [5.41, 5.74) is 3.98. The average molecular weight is 350 g/mol. The third kappa shape index (κ3) is 2.24. The number of halogens is 1. The van der Waals surface area contributed by atoms with Crippen LogP contribution in [0.15, 0.2) is 71.3 Å². The lowest BCUT2D eigenvalue weighted by molar-refractivity contribution is 0.958. The molecule has 0 spiro atoms. The van der Waals surface area contributed by atoms with E-state index in [-0.39, 0.29) is 0 Å². The summed E-state index contributed by atoms with van der Waals surface area (Å²) in [6.07, 6.45) is 3.19. The van der Waals surface area contributed by atoms with Crippen LogP contribution in [0.5, 0.6) is 0 Å². The van der Waals surface area contributed by atoms with Gasteiger partial charge >= 0.3 is 0 Å². The number of nitrogens with zero attached hydrogens (tertiary/aromatic N) is 1. The monoisotopic (exact) mass is 349 g/mol. The van der Waals surface area contributed by atoms with Crippen molar-refractivity contribution in [1.82, 2.24) is 4.57 Å². The quantitative estimate of drug-likeness (QED) is 0.438. The maximum absolute atomic E-state index is 3.70. The molecule has 0 radical (unpaired) electrons. The predicted molar refractivity (Wildman–Crippen MR) is 97.4 cm³/mol. The van der Waals surface area contributed by atoms with Gasteiger partial charge < -0.3 is 4.57 Å². The molecule has 1 heterocycles. The molecule has 1 nitrogen and oxygen atoms in total. The van der Waals surface area contributed by atoms with Gasteiger partial charge in [0.1, 0.15) is 0 Å². The van der Waals surface area contributed by atoms with Crippen molar-refractivity contribution in [3.05, 3.63) is 82.5 Å². The van der Waals surface area contributed by atoms with Crippen molar-refractivity contribution in [3.8, 4) is 0 Å². The summed E-state index contributed by atoms with van der Waals surface area (Å²) in [5.74, 6) is 0. The Morgan fingerprint density at radius 2 is 1.73 bits per heavy atom. The van der Waals surface area contributed by atoms with E-state index < -0.39 is 0 Å². The summed E-state index contributed by atoms with van der Waals surface area (Å²) < 4.78 is 3.37. The normalized spacial score (nSPS) is 11.4. The van der Waals surface area contributed by atoms with Gasteiger partial charge in [0.2, 0.25) is 0 Å². The fourth-order valence-electron chi connectivity index (χ4n) is 3.20. The Hall–Kier alpha value is -2.06. The van der Waals surface area contributed by atoms with Gasteiger partial charge in [-0.2, -0.15) is 0 Å². The molecule has 0 saturated carbocycles. The maximum atomic E-state index is 3.70. The van der Waals surface area contributed by atoms with Crippen LogP contribution < -0.4 is 0 Å². The zero-order valence-corrected chi connectivity index (χ0v) is 14.0. The largest absolute Gasteiger partial charge is 0.350 e. The van der Waals surface area contributed by atoms with Crippen LogP contribution in [0.1, 0.15) is 11.1 Å². The van der Waals surface area contributed by atoms with E-state index >= 15 is 0 Å². The van der Waals surface area contributed by atoms with Crippen LogP contribution in [0.25, 0.3) is 21.7 Å². The molecule has 4 aromatic rings. The van der Waals surface area contributed by atoms with Crippen LogP contribution in [0.2, 0.25) is 0 Å². The van der Waals surface area contributed by atoms with E-state index in [9.17, 15) is 0 Å². The van der Waals surface area contributed by atoms with Crippen molar-refractivity contribution >= 4 is 37.6 Å². The maximum Gasteiger partial charge on any atom is 0.0492 e. The van der Waals surface area contributed by atoms with Crippen molar-refractivity contribution in [3.63, 3.8) is 0 Å². The summed E-state index contributed by atoms with van der Waals surface area (Å²) in [7, 11) is 2.11. The number of aryl methyl sites for hydroxylation is 1. The van der Waals surface area contributed by atoms with Crippen LogP contribution >= 0.6 is 15.9 Å². The SMILES string of the molecule is Cn1cc(Cc2ccc3ccccc3c2)c2c(Br)cccc21. The highest BCUT2D eigenvalue weighted by molar-refractivity contribution is 9.10. The van der Waals surface area contributed by atoms with Crippen LogP contribution in [0.3, 0.4) is 0 Å². The van der Waals surface area contributed by atoms with E-state index in [0.717, 1.165) is 6.42 Å². The Morgan fingerprint density at radius 1 is 0.909 bits per heavy atom. The fraction of sp³-hybridized carbons (Fsp3) is 0.100. The zero-order valence-electron chi connectivity index (χ0n) is 12.4. The topological polar surface area (TPSA) is 4.93 Å². The average Bonchev–Trinajstić information content (AvgIpc) is 2.85. The molecule has 0 aliphatic heterocycles. The number of benzene rings is 3. The minimum Gasteiger partial charge on any atom is -0.350 e. The number of hydrogen-bond acceptors (Lipinski definition) is 0. The predicted octanol–water partition coefficient (Wildman–Crippen LogP) is 5.68. The lowest BCUT2D eigenvalue weighted by Gasteiger charge is -2.04. The first kappa shape index (κ1) is 13.6. The lowest BCUT2D eigenvalue weighted by atomic mass is 10.0. The molecule has 0 N–H and O–H groups in total. The Kier molecular flexibility index (Phi) is 3.27. The molecule has 3 aromatic carbocycles. The van der Waals surface area contributed by atoms with Gasteiger partial charge in [0.15, 0.2) is 0 Å². The first-order chi connectivity index (χ1) is 10.7. The molecule has 0 amide bonds. The Bertz CT molecular complexity index is 982. The molecule has 0 bridgehead atoms. The van der Waals surface area contributed by atoms with Gasteiger partial charge in [0.05, 0.1) is 0 Å². The van der Waals surface area contributed by atoms with Gasteiger partial charge in [0, 0.05) is 28.6 Å². The molecule has 0 aliphatic carbocycles. The Morgan fingerprint density at radius 3 is 2.59 bits per heavy atom. The van der Waals surface area contributed by atoms with E-state index in [2.05, 4.69) is 94.4 Å². The molecular formula is C20H16BrN. The van der Waals surface area contributed by atoms with Crippen LogP contribution in [0.4, 0.5) is 0 Å². The van der Waals surface area contributed by atoms with E-state index in [4.69, 9.17) is 0 Å². The molecule has 108 valence electrons. The number of fused-ring (bicyclic) bond motifs is 2. The van der Waals surface area contributed by atoms with Gasteiger partial charge in [0.25, 0.3) is 0 Å². The molecule has 0 atom stereocenters. The van der Waals surface area contributed by atoms with Crippen molar-refractivity contribution in [2.45, 2.75) is 6.42 Å². The lowest BCUT2D eigenvalue weighted by Crippen LogP contribution is -1.88. The highest BCUT2D eigenvalue weighted by Crippen LogP contribution is 2.30. The van der Waals surface area contributed by atoms with Gasteiger partial charge in [-0.25, -0.2) is 0 Å². The third-order valence-corrected chi connectivity index (χ3v) is 4.91. The number of hydrogen-bond donors (Lipinski definition) is 0. The summed E-state index contributed by atoms with van der Waals surface area (Å²) in [5, 5.41) is 3.92. The molecule has 0 saturated heterocycles. The van der Waals surface area contributed by atoms with Gasteiger partial charge in [-0.1, -0.05) is 64.5 Å². The summed E-state index contributed by atoms with van der Waals surface area (Å²) in [4.78, 5) is 0.